The highest BCUT2D eigenvalue weighted by Gasteiger charge is 2.44. The second-order valence-corrected chi connectivity index (χ2v) is 4.81. The second kappa shape index (κ2) is 8.13. The monoisotopic (exact) mass is 251 g/mol. The smallest absolute Gasteiger partial charge is 0.393 e. The third-order valence-electron chi connectivity index (χ3n) is 3.27. The molecule has 0 bridgehead atoms. The van der Waals surface area contributed by atoms with E-state index in [-0.39, 0.29) is 12.5 Å². The summed E-state index contributed by atoms with van der Waals surface area (Å²) in [5, 5.41) is 9.46. The lowest BCUT2D eigenvalue weighted by atomic mass is 9.80. The van der Waals surface area contributed by atoms with Gasteiger partial charge in [-0.25, -0.2) is 0 Å². The molecule has 0 aliphatic heterocycles. The second-order valence-electron chi connectivity index (χ2n) is 4.15. The van der Waals surface area contributed by atoms with Crippen LogP contribution in [0.5, 0.6) is 0 Å². The van der Waals surface area contributed by atoms with Crippen LogP contribution in [0.1, 0.15) is 52.9 Å². The number of aliphatic hydroxyl groups excluding tert-OH is 1. The molecule has 0 saturated heterocycles. The number of hydrogen-bond acceptors (Lipinski definition) is 3. The molecule has 0 aromatic heterocycles. The molecule has 16 heavy (non-hydrogen) atoms. The fourth-order valence-electron chi connectivity index (χ4n) is 2.14. The predicted octanol–water partition coefficient (Wildman–Crippen LogP) is 3.01. The van der Waals surface area contributed by atoms with Crippen molar-refractivity contribution in [1.29, 1.82) is 0 Å². The average molecular weight is 251 g/mol. The Morgan fingerprint density at radius 1 is 1.38 bits per heavy atom. The summed E-state index contributed by atoms with van der Waals surface area (Å²) in [6, 6.07) is 0. The first-order valence-corrected chi connectivity index (χ1v) is 7.15. The molecule has 0 aromatic rings. The van der Waals surface area contributed by atoms with E-state index in [1.165, 1.54) is 0 Å². The first-order valence-electron chi connectivity index (χ1n) is 6.02. The van der Waals surface area contributed by atoms with Crippen molar-refractivity contribution in [3.8, 4) is 0 Å². The van der Waals surface area contributed by atoms with Crippen LogP contribution in [0.4, 0.5) is 0 Å². The summed E-state index contributed by atoms with van der Waals surface area (Å²) in [5.41, 5.74) is -0.855. The van der Waals surface area contributed by atoms with Crippen molar-refractivity contribution in [2.45, 2.75) is 58.5 Å². The summed E-state index contributed by atoms with van der Waals surface area (Å²) in [5.74, 6) is 0.133. The van der Waals surface area contributed by atoms with Crippen molar-refractivity contribution in [2.75, 3.05) is 6.61 Å². The van der Waals surface area contributed by atoms with E-state index in [9.17, 15) is 9.67 Å². The zero-order valence-electron chi connectivity index (χ0n) is 10.5. The van der Waals surface area contributed by atoms with Gasteiger partial charge in [0.25, 0.3) is 0 Å². The van der Waals surface area contributed by atoms with Crippen LogP contribution in [-0.2, 0) is 9.09 Å². The van der Waals surface area contributed by atoms with Crippen LogP contribution in [0.2, 0.25) is 0 Å². The minimum Gasteiger partial charge on any atom is -0.393 e. The van der Waals surface area contributed by atoms with Gasteiger partial charge in [0.1, 0.15) is 0 Å². The summed E-state index contributed by atoms with van der Waals surface area (Å²) in [7, 11) is -2.66. The lowest BCUT2D eigenvalue weighted by Crippen LogP contribution is -2.42. The van der Waals surface area contributed by atoms with Gasteiger partial charge in [-0.1, -0.05) is 40.0 Å². The minimum absolute atomic E-state index is 0.133. The highest BCUT2D eigenvalue weighted by Crippen LogP contribution is 2.38. The first-order chi connectivity index (χ1) is 7.56. The quantitative estimate of drug-likeness (QED) is 0.618. The van der Waals surface area contributed by atoms with Crippen LogP contribution >= 0.6 is 8.25 Å². The maximum atomic E-state index is 10.8. The fraction of sp³-hybridized carbons (Fsp3) is 1.00. The Balaban J connectivity index is 4.73. The molecular weight excluding hydrogens is 227 g/mol. The Bertz CT molecular complexity index is 204. The number of rotatable bonds is 9. The zero-order valence-corrected chi connectivity index (χ0v) is 11.4. The lowest BCUT2D eigenvalue weighted by Gasteiger charge is -2.32. The molecule has 0 spiro atoms. The van der Waals surface area contributed by atoms with E-state index >= 15 is 0 Å². The van der Waals surface area contributed by atoms with E-state index in [0.717, 1.165) is 25.7 Å². The summed E-state index contributed by atoms with van der Waals surface area (Å²) in [6.45, 7) is 5.80. The summed E-state index contributed by atoms with van der Waals surface area (Å²) < 4.78 is 15.9. The molecule has 0 heterocycles. The Morgan fingerprint density at radius 3 is 2.31 bits per heavy atom. The molecule has 0 amide bonds. The van der Waals surface area contributed by atoms with E-state index in [0.29, 0.717) is 6.42 Å². The van der Waals surface area contributed by atoms with Gasteiger partial charge in [-0.05, 0) is 18.8 Å². The van der Waals surface area contributed by atoms with Gasteiger partial charge in [0, 0.05) is 4.57 Å². The van der Waals surface area contributed by atoms with Crippen LogP contribution in [-0.4, -0.2) is 22.2 Å². The maximum absolute atomic E-state index is 10.8. The Labute approximate surface area is 99.0 Å². The SMILES string of the molecule is CCCCC(CC)C(CC)(CO)O[P+](=O)O. The molecule has 0 radical (unpaired) electrons. The Kier molecular flexibility index (Phi) is 8.12. The molecule has 96 valence electrons. The van der Waals surface area contributed by atoms with Gasteiger partial charge < -0.3 is 5.11 Å². The van der Waals surface area contributed by atoms with Crippen LogP contribution in [0, 0.1) is 5.92 Å². The standard InChI is InChI=1S/C11H23O4P/c1-4-7-8-10(5-2)11(6-3,9-12)15-16(13)14/h10,12H,4-9H2,1-3H3/p+1. The van der Waals surface area contributed by atoms with Gasteiger partial charge in [-0.3, -0.25) is 0 Å². The topological polar surface area (TPSA) is 66.8 Å². The van der Waals surface area contributed by atoms with Crippen molar-refractivity contribution >= 4 is 8.25 Å². The normalized spacial score (nSPS) is 17.9. The van der Waals surface area contributed by atoms with Crippen molar-refractivity contribution in [3.05, 3.63) is 0 Å². The van der Waals surface area contributed by atoms with Gasteiger partial charge in [-0.2, -0.15) is 0 Å². The van der Waals surface area contributed by atoms with Crippen molar-refractivity contribution < 1.29 is 19.1 Å². The largest absolute Gasteiger partial charge is 0.695 e. The minimum atomic E-state index is -2.66. The summed E-state index contributed by atoms with van der Waals surface area (Å²) >= 11 is 0. The molecule has 3 atom stereocenters. The molecule has 0 aromatic carbocycles. The highest BCUT2D eigenvalue weighted by molar-refractivity contribution is 7.32. The van der Waals surface area contributed by atoms with E-state index in [1.807, 2.05) is 13.8 Å². The van der Waals surface area contributed by atoms with Crippen LogP contribution in [0.3, 0.4) is 0 Å². The maximum Gasteiger partial charge on any atom is 0.695 e. The average Bonchev–Trinajstić information content (AvgIpc) is 2.27. The Morgan fingerprint density at radius 2 is 2.00 bits per heavy atom. The van der Waals surface area contributed by atoms with Gasteiger partial charge in [-0.15, -0.1) is 9.42 Å². The number of hydrogen-bond donors (Lipinski definition) is 2. The van der Waals surface area contributed by atoms with Gasteiger partial charge in [0.05, 0.1) is 6.61 Å². The van der Waals surface area contributed by atoms with Crippen LogP contribution in [0.25, 0.3) is 0 Å². The van der Waals surface area contributed by atoms with Crippen molar-refractivity contribution in [3.63, 3.8) is 0 Å². The molecule has 5 heteroatoms. The molecule has 0 rings (SSSR count). The molecule has 4 nitrogen and oxygen atoms in total. The molecule has 2 N–H and O–H groups in total. The van der Waals surface area contributed by atoms with E-state index in [1.54, 1.807) is 0 Å². The molecular formula is C11H24O4P+. The molecule has 0 saturated carbocycles. The van der Waals surface area contributed by atoms with Crippen molar-refractivity contribution in [1.82, 2.24) is 0 Å². The summed E-state index contributed by atoms with van der Waals surface area (Å²) in [6.07, 6.45) is 4.44. The number of unbranched alkanes of at least 4 members (excludes halogenated alkanes) is 1. The number of aliphatic hydroxyl groups is 1. The fourth-order valence-corrected chi connectivity index (χ4v) is 2.79. The highest BCUT2D eigenvalue weighted by atomic mass is 31.1. The molecule has 3 unspecified atom stereocenters. The van der Waals surface area contributed by atoms with Crippen LogP contribution < -0.4 is 0 Å². The molecule has 0 aliphatic rings. The molecule has 0 aliphatic carbocycles. The van der Waals surface area contributed by atoms with E-state index in [4.69, 9.17) is 9.42 Å². The Hall–Kier alpha value is -0.0200. The first kappa shape index (κ1) is 16.0. The third kappa shape index (κ3) is 4.46. The van der Waals surface area contributed by atoms with Gasteiger partial charge in [0.15, 0.2) is 5.60 Å². The predicted molar refractivity (Wildman–Crippen MR) is 64.3 cm³/mol. The van der Waals surface area contributed by atoms with Gasteiger partial charge in [0.2, 0.25) is 0 Å². The molecule has 0 fully saturated rings. The third-order valence-corrected chi connectivity index (χ3v) is 3.79. The van der Waals surface area contributed by atoms with Crippen LogP contribution in [0.15, 0.2) is 0 Å². The van der Waals surface area contributed by atoms with Crippen molar-refractivity contribution in [2.24, 2.45) is 5.92 Å². The van der Waals surface area contributed by atoms with E-state index in [2.05, 4.69) is 6.92 Å². The lowest BCUT2D eigenvalue weighted by molar-refractivity contribution is -0.0483. The van der Waals surface area contributed by atoms with Gasteiger partial charge >= 0.3 is 8.25 Å². The zero-order chi connectivity index (χ0) is 12.6. The van der Waals surface area contributed by atoms with E-state index < -0.39 is 13.9 Å². The summed E-state index contributed by atoms with van der Waals surface area (Å²) in [4.78, 5) is 8.90.